The Morgan fingerprint density at radius 2 is 0.569 bits per heavy atom. The van der Waals surface area contributed by atoms with Crippen molar-refractivity contribution in [1.82, 2.24) is 0 Å². The van der Waals surface area contributed by atoms with E-state index in [4.69, 9.17) is 4.74 Å². The van der Waals surface area contributed by atoms with E-state index in [1.54, 1.807) is 0 Å². The standard InChI is InChI=1S/C63H124O2/c1-4-6-7-8-9-10-11-12-13-14-32-36-39-42-45-48-51-54-57-60-63(64)65-61-58-55-52-49-46-43-40-37-34-31-29-27-25-23-21-19-17-15-16-18-20-22-24-26-28-30-33-35-38-41-44-47-50-53-56-59-62(3)5-2/h12-13,62H,4-11,14-61H2,1-3H3. The third-order valence-electron chi connectivity index (χ3n) is 14.9. The first-order valence-electron chi connectivity index (χ1n) is 31.0. The van der Waals surface area contributed by atoms with Gasteiger partial charge in [0.2, 0.25) is 0 Å². The first kappa shape index (κ1) is 64.2. The lowest BCUT2D eigenvalue weighted by atomic mass is 9.99. The molecule has 0 rings (SSSR count). The summed E-state index contributed by atoms with van der Waals surface area (Å²) in [6, 6.07) is 0. The summed E-state index contributed by atoms with van der Waals surface area (Å²) < 4.78 is 5.51. The van der Waals surface area contributed by atoms with Crippen LogP contribution in [0.25, 0.3) is 0 Å². The van der Waals surface area contributed by atoms with Gasteiger partial charge in [0.05, 0.1) is 6.61 Å². The minimum atomic E-state index is 0.0301. The smallest absolute Gasteiger partial charge is 0.305 e. The van der Waals surface area contributed by atoms with Crippen LogP contribution in [0.15, 0.2) is 12.2 Å². The Kier molecular flexibility index (Phi) is 58.6. The van der Waals surface area contributed by atoms with Crippen LogP contribution in [-0.4, -0.2) is 12.6 Å². The van der Waals surface area contributed by atoms with Gasteiger partial charge in [0, 0.05) is 6.42 Å². The molecular formula is C63H124O2. The van der Waals surface area contributed by atoms with Crippen LogP contribution in [-0.2, 0) is 9.53 Å². The lowest BCUT2D eigenvalue weighted by molar-refractivity contribution is -0.143. The molecule has 65 heavy (non-hydrogen) atoms. The molecule has 0 aliphatic heterocycles. The zero-order valence-electron chi connectivity index (χ0n) is 45.6. The van der Waals surface area contributed by atoms with Crippen molar-refractivity contribution in [3.8, 4) is 0 Å². The average Bonchev–Trinajstić information content (AvgIpc) is 3.31. The molecule has 0 aromatic heterocycles. The van der Waals surface area contributed by atoms with Gasteiger partial charge in [0.15, 0.2) is 0 Å². The molecule has 1 atom stereocenters. The fourth-order valence-electron chi connectivity index (χ4n) is 9.94. The third kappa shape index (κ3) is 59.3. The molecule has 0 saturated carbocycles. The molecule has 0 aliphatic rings. The second-order valence-electron chi connectivity index (χ2n) is 21.6. The van der Waals surface area contributed by atoms with Crippen LogP contribution >= 0.6 is 0 Å². The van der Waals surface area contributed by atoms with Crippen LogP contribution in [0.4, 0.5) is 0 Å². The molecular weight excluding hydrogens is 789 g/mol. The molecule has 0 fully saturated rings. The number of rotatable bonds is 58. The van der Waals surface area contributed by atoms with Gasteiger partial charge in [0.25, 0.3) is 0 Å². The molecule has 0 spiro atoms. The second-order valence-corrected chi connectivity index (χ2v) is 21.6. The van der Waals surface area contributed by atoms with Gasteiger partial charge in [-0.25, -0.2) is 0 Å². The normalized spacial score (nSPS) is 12.2. The highest BCUT2D eigenvalue weighted by Gasteiger charge is 2.04. The zero-order chi connectivity index (χ0) is 46.9. The molecule has 0 radical (unpaired) electrons. The van der Waals surface area contributed by atoms with Crippen LogP contribution in [0, 0.1) is 5.92 Å². The van der Waals surface area contributed by atoms with Crippen molar-refractivity contribution in [2.24, 2.45) is 5.92 Å². The topological polar surface area (TPSA) is 26.3 Å². The van der Waals surface area contributed by atoms with E-state index < -0.39 is 0 Å². The van der Waals surface area contributed by atoms with E-state index in [0.29, 0.717) is 13.0 Å². The number of ether oxygens (including phenoxy) is 1. The summed E-state index contributed by atoms with van der Waals surface area (Å²) in [6.45, 7) is 7.66. The van der Waals surface area contributed by atoms with E-state index in [9.17, 15) is 4.79 Å². The first-order valence-corrected chi connectivity index (χ1v) is 31.0. The number of unbranched alkanes of at least 4 members (excludes halogenated alkanes) is 49. The van der Waals surface area contributed by atoms with Crippen molar-refractivity contribution in [3.05, 3.63) is 12.2 Å². The summed E-state index contributed by atoms with van der Waals surface area (Å²) >= 11 is 0. The van der Waals surface area contributed by atoms with Crippen molar-refractivity contribution in [1.29, 1.82) is 0 Å². The summed E-state index contributed by atoms with van der Waals surface area (Å²) in [4.78, 5) is 12.1. The third-order valence-corrected chi connectivity index (χ3v) is 14.9. The molecule has 1 unspecified atom stereocenters. The van der Waals surface area contributed by atoms with E-state index >= 15 is 0 Å². The Morgan fingerprint density at radius 1 is 0.323 bits per heavy atom. The molecule has 0 amide bonds. The van der Waals surface area contributed by atoms with Gasteiger partial charge in [-0.3, -0.25) is 4.79 Å². The number of hydrogen-bond acceptors (Lipinski definition) is 2. The maximum atomic E-state index is 12.1. The molecule has 388 valence electrons. The van der Waals surface area contributed by atoms with Crippen LogP contribution in [0.3, 0.4) is 0 Å². The van der Waals surface area contributed by atoms with Crippen LogP contribution in [0.5, 0.6) is 0 Å². The van der Waals surface area contributed by atoms with Gasteiger partial charge in [-0.1, -0.05) is 341 Å². The molecule has 0 N–H and O–H groups in total. The van der Waals surface area contributed by atoms with Crippen LogP contribution < -0.4 is 0 Å². The Bertz CT molecular complexity index is 878. The predicted molar refractivity (Wildman–Crippen MR) is 295 cm³/mol. The van der Waals surface area contributed by atoms with Crippen molar-refractivity contribution in [2.75, 3.05) is 6.61 Å². The number of hydrogen-bond donors (Lipinski definition) is 0. The zero-order valence-corrected chi connectivity index (χ0v) is 45.6. The molecule has 0 aromatic rings. The first-order chi connectivity index (χ1) is 32.2. The minimum absolute atomic E-state index is 0.0301. The second kappa shape index (κ2) is 59.3. The van der Waals surface area contributed by atoms with Gasteiger partial charge in [0.1, 0.15) is 0 Å². The van der Waals surface area contributed by atoms with Crippen molar-refractivity contribution in [2.45, 2.75) is 374 Å². The summed E-state index contributed by atoms with van der Waals surface area (Å²) in [7, 11) is 0. The highest BCUT2D eigenvalue weighted by molar-refractivity contribution is 5.69. The van der Waals surface area contributed by atoms with Crippen molar-refractivity contribution >= 4 is 5.97 Å². The molecule has 0 aliphatic carbocycles. The quantitative estimate of drug-likeness (QED) is 0.0345. The summed E-state index contributed by atoms with van der Waals surface area (Å²) in [5.41, 5.74) is 0. The van der Waals surface area contributed by atoms with Gasteiger partial charge in [-0.05, 0) is 44.4 Å². The Morgan fingerprint density at radius 3 is 0.862 bits per heavy atom. The van der Waals surface area contributed by atoms with Crippen LogP contribution in [0.1, 0.15) is 374 Å². The molecule has 0 aromatic carbocycles. The maximum absolute atomic E-state index is 12.1. The van der Waals surface area contributed by atoms with Gasteiger partial charge < -0.3 is 4.74 Å². The fourth-order valence-corrected chi connectivity index (χ4v) is 9.94. The predicted octanol–water partition coefficient (Wildman–Crippen LogP) is 23.2. The van der Waals surface area contributed by atoms with Crippen LogP contribution in [0.2, 0.25) is 0 Å². The summed E-state index contributed by atoms with van der Waals surface area (Å²) in [6.07, 6.45) is 81.3. The lowest BCUT2D eigenvalue weighted by Gasteiger charge is -2.07. The van der Waals surface area contributed by atoms with E-state index in [2.05, 4.69) is 32.9 Å². The lowest BCUT2D eigenvalue weighted by Crippen LogP contribution is -2.05. The van der Waals surface area contributed by atoms with Gasteiger partial charge in [-0.15, -0.1) is 0 Å². The largest absolute Gasteiger partial charge is 0.466 e. The molecule has 2 nitrogen and oxygen atoms in total. The summed E-state index contributed by atoms with van der Waals surface area (Å²) in [5.74, 6) is 0.971. The SMILES string of the molecule is CCCCCCCCC=CCCCCCCCCCCCC(=O)OCCCCCCCCCCCCCCCCCCCCCCCCCCCCCCCCCCCCCC(C)CC. The maximum Gasteiger partial charge on any atom is 0.305 e. The van der Waals surface area contributed by atoms with Crippen molar-refractivity contribution < 1.29 is 9.53 Å². The molecule has 2 heteroatoms. The highest BCUT2D eigenvalue weighted by atomic mass is 16.5. The Hall–Kier alpha value is -0.790. The van der Waals surface area contributed by atoms with Gasteiger partial charge >= 0.3 is 5.97 Å². The molecule has 0 bridgehead atoms. The number of carbonyl (C=O) groups is 1. The minimum Gasteiger partial charge on any atom is -0.466 e. The monoisotopic (exact) mass is 913 g/mol. The number of carbonyl (C=O) groups excluding carboxylic acids is 1. The summed E-state index contributed by atoms with van der Waals surface area (Å²) in [5, 5.41) is 0. The van der Waals surface area contributed by atoms with E-state index in [1.165, 1.54) is 334 Å². The molecule has 0 saturated heterocycles. The Balaban J connectivity index is 3.15. The fraction of sp³-hybridized carbons (Fsp3) is 0.952. The number of allylic oxidation sites excluding steroid dienone is 2. The van der Waals surface area contributed by atoms with E-state index in [1.807, 2.05) is 0 Å². The molecule has 0 heterocycles. The van der Waals surface area contributed by atoms with E-state index in [-0.39, 0.29) is 5.97 Å². The Labute approximate surface area is 412 Å². The van der Waals surface area contributed by atoms with E-state index in [0.717, 1.165) is 18.8 Å². The van der Waals surface area contributed by atoms with Gasteiger partial charge in [-0.2, -0.15) is 0 Å². The highest BCUT2D eigenvalue weighted by Crippen LogP contribution is 2.19. The van der Waals surface area contributed by atoms with Crippen molar-refractivity contribution in [3.63, 3.8) is 0 Å². The average molecular weight is 914 g/mol. The number of esters is 1.